The number of hydrogen-bond donors (Lipinski definition) is 2. The van der Waals surface area contributed by atoms with Gasteiger partial charge in [0.25, 0.3) is 0 Å². The molecule has 4 nitrogen and oxygen atoms in total. The maximum absolute atomic E-state index is 5.87. The number of nitrogens with one attached hydrogen (secondary N) is 1. The average molecular weight is 264 g/mol. The summed E-state index contributed by atoms with van der Waals surface area (Å²) in [6, 6.07) is 7.99. The van der Waals surface area contributed by atoms with Gasteiger partial charge in [-0.15, -0.1) is 0 Å². The van der Waals surface area contributed by atoms with E-state index in [2.05, 4.69) is 18.4 Å². The van der Waals surface area contributed by atoms with E-state index in [4.69, 9.17) is 15.3 Å². The van der Waals surface area contributed by atoms with Crippen molar-refractivity contribution in [3.05, 3.63) is 29.8 Å². The Morgan fingerprint density at radius 3 is 2.68 bits per heavy atom. The first-order chi connectivity index (χ1) is 9.13. The smallest absolute Gasteiger partial charge is 0.124 e. The molecule has 0 bridgehead atoms. The molecule has 0 spiro atoms. The third kappa shape index (κ3) is 3.26. The van der Waals surface area contributed by atoms with Gasteiger partial charge >= 0.3 is 0 Å². The van der Waals surface area contributed by atoms with E-state index in [1.54, 1.807) is 0 Å². The van der Waals surface area contributed by atoms with E-state index < -0.39 is 0 Å². The zero-order valence-corrected chi connectivity index (χ0v) is 11.9. The molecule has 1 heterocycles. The van der Waals surface area contributed by atoms with E-state index >= 15 is 0 Å². The molecular formula is C15H24N2O2. The number of hydrazine groups is 1. The van der Waals surface area contributed by atoms with Crippen LogP contribution < -0.4 is 16.0 Å². The molecule has 0 aromatic heterocycles. The second kappa shape index (κ2) is 6.37. The van der Waals surface area contributed by atoms with Gasteiger partial charge in [-0.1, -0.05) is 25.1 Å². The second-order valence-electron chi connectivity index (χ2n) is 5.45. The highest BCUT2D eigenvalue weighted by molar-refractivity contribution is 5.37. The van der Waals surface area contributed by atoms with Gasteiger partial charge in [-0.05, 0) is 32.3 Å². The van der Waals surface area contributed by atoms with Gasteiger partial charge in [0, 0.05) is 12.2 Å². The molecule has 4 heteroatoms. The van der Waals surface area contributed by atoms with Crippen molar-refractivity contribution >= 4 is 0 Å². The van der Waals surface area contributed by atoms with Gasteiger partial charge in [-0.25, -0.2) is 0 Å². The van der Waals surface area contributed by atoms with Crippen molar-refractivity contribution in [1.29, 1.82) is 0 Å². The van der Waals surface area contributed by atoms with Gasteiger partial charge in [0.1, 0.15) is 5.75 Å². The predicted octanol–water partition coefficient (Wildman–Crippen LogP) is 2.40. The summed E-state index contributed by atoms with van der Waals surface area (Å²) in [6.07, 6.45) is 1.32. The van der Waals surface area contributed by atoms with Crippen LogP contribution >= 0.6 is 0 Å². The highest BCUT2D eigenvalue weighted by atomic mass is 16.5. The Morgan fingerprint density at radius 1 is 1.37 bits per heavy atom. The van der Waals surface area contributed by atoms with E-state index in [1.165, 1.54) is 0 Å². The molecule has 0 aliphatic carbocycles. The van der Waals surface area contributed by atoms with Gasteiger partial charge in [-0.3, -0.25) is 11.3 Å². The van der Waals surface area contributed by atoms with Crippen molar-refractivity contribution in [1.82, 2.24) is 5.43 Å². The van der Waals surface area contributed by atoms with E-state index in [0.29, 0.717) is 5.92 Å². The lowest BCUT2D eigenvalue weighted by atomic mass is 9.92. The van der Waals surface area contributed by atoms with Crippen molar-refractivity contribution in [3.8, 4) is 5.75 Å². The van der Waals surface area contributed by atoms with Crippen LogP contribution in [0.4, 0.5) is 0 Å². The van der Waals surface area contributed by atoms with Crippen LogP contribution in [0.1, 0.15) is 38.8 Å². The third-order valence-corrected chi connectivity index (χ3v) is 3.57. The molecule has 19 heavy (non-hydrogen) atoms. The number of hydrogen-bond acceptors (Lipinski definition) is 4. The lowest BCUT2D eigenvalue weighted by Gasteiger charge is -2.27. The fourth-order valence-corrected chi connectivity index (χ4v) is 2.60. The highest BCUT2D eigenvalue weighted by Crippen LogP contribution is 2.35. The lowest BCUT2D eigenvalue weighted by molar-refractivity contribution is 0.0593. The monoisotopic (exact) mass is 264 g/mol. The molecule has 1 aromatic carbocycles. The number of benzene rings is 1. The first-order valence-electron chi connectivity index (χ1n) is 6.96. The van der Waals surface area contributed by atoms with Gasteiger partial charge in [0.05, 0.1) is 18.2 Å². The summed E-state index contributed by atoms with van der Waals surface area (Å²) in [5, 5.41) is 0. The Kier molecular flexibility index (Phi) is 4.80. The first-order valence-corrected chi connectivity index (χ1v) is 6.96. The zero-order chi connectivity index (χ0) is 13.8. The fraction of sp³-hybridized carbons (Fsp3) is 0.600. The molecule has 1 fully saturated rings. The van der Waals surface area contributed by atoms with Gasteiger partial charge in [0.15, 0.2) is 0 Å². The largest absolute Gasteiger partial charge is 0.491 e. The van der Waals surface area contributed by atoms with Crippen LogP contribution in [0.25, 0.3) is 0 Å². The predicted molar refractivity (Wildman–Crippen MR) is 75.8 cm³/mol. The minimum atomic E-state index is -0.0348. The van der Waals surface area contributed by atoms with Gasteiger partial charge in [0.2, 0.25) is 0 Å². The molecule has 1 aliphatic rings. The molecule has 106 valence electrons. The molecule has 1 aliphatic heterocycles. The van der Waals surface area contributed by atoms with E-state index in [0.717, 1.165) is 24.3 Å². The molecule has 0 radical (unpaired) electrons. The Bertz CT molecular complexity index is 409. The Labute approximate surface area is 115 Å². The first kappa shape index (κ1) is 14.3. The Hall–Kier alpha value is -1.10. The molecule has 2 rings (SSSR count). The summed E-state index contributed by atoms with van der Waals surface area (Å²) >= 11 is 0. The lowest BCUT2D eigenvalue weighted by Crippen LogP contribution is -2.39. The Morgan fingerprint density at radius 2 is 2.11 bits per heavy atom. The zero-order valence-electron chi connectivity index (χ0n) is 11.9. The number of ether oxygens (including phenoxy) is 2. The van der Waals surface area contributed by atoms with Crippen LogP contribution in [0.3, 0.4) is 0 Å². The number of nitrogens with two attached hydrogens (primary N) is 1. The fourth-order valence-electron chi connectivity index (χ4n) is 2.60. The molecule has 3 atom stereocenters. The van der Waals surface area contributed by atoms with E-state index in [1.807, 2.05) is 32.0 Å². The van der Waals surface area contributed by atoms with Crippen LogP contribution in [0.15, 0.2) is 24.3 Å². The van der Waals surface area contributed by atoms with Crippen LogP contribution in [-0.2, 0) is 4.74 Å². The van der Waals surface area contributed by atoms with Crippen molar-refractivity contribution in [2.75, 3.05) is 6.61 Å². The molecule has 1 saturated heterocycles. The number of para-hydroxylation sites is 1. The van der Waals surface area contributed by atoms with Gasteiger partial charge in [-0.2, -0.15) is 0 Å². The summed E-state index contributed by atoms with van der Waals surface area (Å²) in [6.45, 7) is 7.05. The molecule has 3 N–H and O–H groups in total. The van der Waals surface area contributed by atoms with Crippen molar-refractivity contribution < 1.29 is 9.47 Å². The quantitative estimate of drug-likeness (QED) is 0.633. The van der Waals surface area contributed by atoms with Crippen LogP contribution in [0.2, 0.25) is 0 Å². The summed E-state index contributed by atoms with van der Waals surface area (Å²) in [5.41, 5.74) is 3.97. The SMILES string of the molecule is CC(C)Oc1ccccc1C(NN)C1OCCC1C. The summed E-state index contributed by atoms with van der Waals surface area (Å²) in [4.78, 5) is 0. The highest BCUT2D eigenvalue weighted by Gasteiger charge is 2.33. The minimum absolute atomic E-state index is 0.0348. The third-order valence-electron chi connectivity index (χ3n) is 3.57. The summed E-state index contributed by atoms with van der Waals surface area (Å²) in [5.74, 6) is 7.13. The molecule has 3 unspecified atom stereocenters. The van der Waals surface area contributed by atoms with E-state index in [-0.39, 0.29) is 18.2 Å². The maximum Gasteiger partial charge on any atom is 0.124 e. The van der Waals surface area contributed by atoms with E-state index in [9.17, 15) is 0 Å². The normalized spacial score (nSPS) is 24.7. The van der Waals surface area contributed by atoms with Crippen molar-refractivity contribution in [2.45, 2.75) is 45.4 Å². The minimum Gasteiger partial charge on any atom is -0.491 e. The molecular weight excluding hydrogens is 240 g/mol. The van der Waals surface area contributed by atoms with Crippen LogP contribution in [0, 0.1) is 5.92 Å². The number of rotatable bonds is 5. The summed E-state index contributed by atoms with van der Waals surface area (Å²) in [7, 11) is 0. The van der Waals surface area contributed by atoms with Gasteiger partial charge < -0.3 is 9.47 Å². The average Bonchev–Trinajstić information content (AvgIpc) is 2.78. The topological polar surface area (TPSA) is 56.5 Å². The summed E-state index contributed by atoms with van der Waals surface area (Å²) < 4.78 is 11.7. The standard InChI is InChI=1S/C15H24N2O2/c1-10(2)19-13-7-5-4-6-12(13)14(17-16)15-11(3)8-9-18-15/h4-7,10-11,14-15,17H,8-9,16H2,1-3H3. The molecule has 1 aromatic rings. The van der Waals surface area contributed by atoms with Crippen LogP contribution in [-0.4, -0.2) is 18.8 Å². The molecule has 0 saturated carbocycles. The maximum atomic E-state index is 5.87. The van der Waals surface area contributed by atoms with Crippen molar-refractivity contribution in [3.63, 3.8) is 0 Å². The van der Waals surface area contributed by atoms with Crippen molar-refractivity contribution in [2.24, 2.45) is 11.8 Å². The Balaban J connectivity index is 2.27. The molecule has 0 amide bonds. The van der Waals surface area contributed by atoms with Crippen LogP contribution in [0.5, 0.6) is 5.75 Å². The second-order valence-corrected chi connectivity index (χ2v) is 5.45.